The third-order valence-electron chi connectivity index (χ3n) is 4.97. The molecule has 1 aliphatic rings. The number of fused-ring (bicyclic) bond motifs is 1. The number of aromatic carboxylic acids is 1. The Labute approximate surface area is 193 Å². The second-order valence-corrected chi connectivity index (χ2v) is 8.17. The van der Waals surface area contributed by atoms with Gasteiger partial charge >= 0.3 is 12.3 Å². The summed E-state index contributed by atoms with van der Waals surface area (Å²) in [4.78, 5) is 20.0. The van der Waals surface area contributed by atoms with Gasteiger partial charge in [0.1, 0.15) is 11.5 Å². The number of nitrogens with zero attached hydrogens (tertiary/aromatic N) is 3. The van der Waals surface area contributed by atoms with Crippen molar-refractivity contribution < 1.29 is 32.6 Å². The van der Waals surface area contributed by atoms with Crippen molar-refractivity contribution in [2.24, 2.45) is 0 Å². The number of aromatic nitrogens is 3. The molecule has 5 rings (SSSR count). The Morgan fingerprint density at radius 2 is 1.85 bits per heavy atom. The number of benzene rings is 2. The molecule has 0 unspecified atom stereocenters. The molecular weight excluding hydrogens is 504 g/mol. The van der Waals surface area contributed by atoms with Gasteiger partial charge in [-0.05, 0) is 43.3 Å². The number of carboxylic acid groups (broad SMARTS) is 1. The van der Waals surface area contributed by atoms with Gasteiger partial charge in [0.15, 0.2) is 28.8 Å². The summed E-state index contributed by atoms with van der Waals surface area (Å²) in [6.45, 7) is 3.35. The predicted molar refractivity (Wildman–Crippen MR) is 115 cm³/mol. The van der Waals surface area contributed by atoms with E-state index in [2.05, 4.69) is 35.4 Å². The minimum absolute atomic E-state index is 0.0834. The fourth-order valence-electron chi connectivity index (χ4n) is 3.62. The molecule has 0 radical (unpaired) electrons. The lowest BCUT2D eigenvalue weighted by Crippen LogP contribution is -2.25. The first-order chi connectivity index (χ1) is 15.6. The quantitative estimate of drug-likeness (QED) is 0.376. The third-order valence-corrected chi connectivity index (χ3v) is 5.47. The van der Waals surface area contributed by atoms with Crippen LogP contribution >= 0.6 is 15.9 Å². The van der Waals surface area contributed by atoms with E-state index in [9.17, 15) is 18.7 Å². The first kappa shape index (κ1) is 21.1. The van der Waals surface area contributed by atoms with Crippen LogP contribution in [0.3, 0.4) is 0 Å². The molecule has 0 aliphatic carbocycles. The molecule has 0 fully saturated rings. The summed E-state index contributed by atoms with van der Waals surface area (Å²) in [5.41, 5.74) is 1.99. The van der Waals surface area contributed by atoms with Crippen LogP contribution in [0.4, 0.5) is 8.78 Å². The predicted octanol–water partition coefficient (Wildman–Crippen LogP) is 5.59. The summed E-state index contributed by atoms with van der Waals surface area (Å²) in [6, 6.07) is 9.71. The van der Waals surface area contributed by atoms with Crippen molar-refractivity contribution in [1.29, 1.82) is 0 Å². The smallest absolute Gasteiger partial charge is 0.476 e. The summed E-state index contributed by atoms with van der Waals surface area (Å²) < 4.78 is 44.2. The molecule has 11 heteroatoms. The Morgan fingerprint density at radius 1 is 1.09 bits per heavy atom. The highest BCUT2D eigenvalue weighted by Crippen LogP contribution is 2.45. The molecule has 2 aromatic heterocycles. The van der Waals surface area contributed by atoms with Crippen LogP contribution in [0, 0.1) is 13.8 Å². The van der Waals surface area contributed by atoms with E-state index in [0.717, 1.165) is 4.47 Å². The van der Waals surface area contributed by atoms with Crippen LogP contribution in [0.15, 0.2) is 51.5 Å². The van der Waals surface area contributed by atoms with Crippen molar-refractivity contribution in [3.63, 3.8) is 0 Å². The SMILES string of the molecule is Cc1nc(-c2cc(Br)ccc2-n2cc(C(=O)O)nc2C)c(-c2ccc3c(c2)OC(F)(F)O3)o1. The Balaban J connectivity index is 1.68. The van der Waals surface area contributed by atoms with Gasteiger partial charge in [-0.1, -0.05) is 15.9 Å². The van der Waals surface area contributed by atoms with E-state index in [1.54, 1.807) is 42.7 Å². The molecule has 168 valence electrons. The normalized spacial score (nSPS) is 14.0. The van der Waals surface area contributed by atoms with E-state index in [1.165, 1.54) is 18.3 Å². The molecular formula is C22H14BrF2N3O5. The molecule has 33 heavy (non-hydrogen) atoms. The van der Waals surface area contributed by atoms with Gasteiger partial charge in [-0.3, -0.25) is 0 Å². The van der Waals surface area contributed by atoms with Gasteiger partial charge in [0, 0.05) is 28.7 Å². The average molecular weight is 518 g/mol. The molecule has 0 saturated carbocycles. The molecule has 0 saturated heterocycles. The number of oxazole rings is 1. The van der Waals surface area contributed by atoms with Gasteiger partial charge in [0.05, 0.1) is 5.69 Å². The molecule has 0 spiro atoms. The Hall–Kier alpha value is -3.73. The number of rotatable bonds is 4. The van der Waals surface area contributed by atoms with Crippen LogP contribution in [-0.2, 0) is 0 Å². The molecule has 1 N–H and O–H groups in total. The molecule has 0 bridgehead atoms. The number of ether oxygens (including phenoxy) is 2. The first-order valence-electron chi connectivity index (χ1n) is 9.58. The molecule has 2 aromatic carbocycles. The lowest BCUT2D eigenvalue weighted by Gasteiger charge is -2.12. The van der Waals surface area contributed by atoms with Gasteiger partial charge in [0.25, 0.3) is 0 Å². The topological polar surface area (TPSA) is 99.6 Å². The Kier molecular flexibility index (Phi) is 4.74. The highest BCUT2D eigenvalue weighted by atomic mass is 79.9. The molecule has 0 atom stereocenters. The second-order valence-electron chi connectivity index (χ2n) is 7.25. The van der Waals surface area contributed by atoms with Gasteiger partial charge in [-0.25, -0.2) is 14.8 Å². The Bertz CT molecular complexity index is 1430. The molecule has 1 aliphatic heterocycles. The molecule has 0 amide bonds. The van der Waals surface area contributed by atoms with E-state index in [1.807, 2.05) is 0 Å². The number of alkyl halides is 2. The molecule has 4 aromatic rings. The fourth-order valence-corrected chi connectivity index (χ4v) is 3.98. The van der Waals surface area contributed by atoms with Crippen LogP contribution in [0.25, 0.3) is 28.3 Å². The standard InChI is InChI=1S/C22H14BrF2N3O5/c1-10-26-15(21(29)30)9-28(10)16-5-4-13(23)8-14(16)19-20(31-11(2)27-19)12-3-6-17-18(7-12)33-22(24,25)32-17/h3-9H,1-2H3,(H,29,30). The maximum atomic E-state index is 13.5. The monoisotopic (exact) mass is 517 g/mol. The zero-order chi connectivity index (χ0) is 23.5. The maximum absolute atomic E-state index is 13.5. The minimum Gasteiger partial charge on any atom is -0.476 e. The summed E-state index contributed by atoms with van der Waals surface area (Å²) in [6.07, 6.45) is -2.32. The van der Waals surface area contributed by atoms with Crippen molar-refractivity contribution in [2.75, 3.05) is 0 Å². The first-order valence-corrected chi connectivity index (χ1v) is 10.4. The van der Waals surface area contributed by atoms with Crippen molar-refractivity contribution in [3.05, 3.63) is 64.5 Å². The maximum Gasteiger partial charge on any atom is 0.586 e. The van der Waals surface area contributed by atoms with Crippen LogP contribution in [-0.4, -0.2) is 31.9 Å². The van der Waals surface area contributed by atoms with E-state index < -0.39 is 12.3 Å². The average Bonchev–Trinajstić information content (AvgIpc) is 3.40. The van der Waals surface area contributed by atoms with Gasteiger partial charge in [0.2, 0.25) is 0 Å². The summed E-state index contributed by atoms with van der Waals surface area (Å²) in [5, 5.41) is 9.32. The van der Waals surface area contributed by atoms with Crippen molar-refractivity contribution in [1.82, 2.24) is 14.5 Å². The number of aryl methyl sites for hydroxylation is 2. The zero-order valence-electron chi connectivity index (χ0n) is 17.1. The van der Waals surface area contributed by atoms with Crippen LogP contribution in [0.1, 0.15) is 22.2 Å². The van der Waals surface area contributed by atoms with Crippen LogP contribution < -0.4 is 9.47 Å². The van der Waals surface area contributed by atoms with Crippen LogP contribution in [0.5, 0.6) is 11.5 Å². The Morgan fingerprint density at radius 3 is 2.58 bits per heavy atom. The number of hydrogen-bond acceptors (Lipinski definition) is 6. The van der Waals surface area contributed by atoms with Crippen LogP contribution in [0.2, 0.25) is 0 Å². The summed E-state index contributed by atoms with van der Waals surface area (Å²) in [5.74, 6) is -0.218. The third kappa shape index (κ3) is 3.74. The molecule has 3 heterocycles. The number of imidazole rings is 1. The second kappa shape index (κ2) is 7.41. The lowest BCUT2D eigenvalue weighted by atomic mass is 10.0. The fraction of sp³-hybridized carbons (Fsp3) is 0.136. The van der Waals surface area contributed by atoms with Crippen molar-refractivity contribution in [2.45, 2.75) is 20.1 Å². The number of carbonyl (C=O) groups is 1. The van der Waals surface area contributed by atoms with Gasteiger partial charge in [-0.2, -0.15) is 0 Å². The zero-order valence-corrected chi connectivity index (χ0v) is 18.7. The number of carboxylic acids is 1. The highest BCUT2D eigenvalue weighted by molar-refractivity contribution is 9.10. The van der Waals surface area contributed by atoms with E-state index >= 15 is 0 Å². The summed E-state index contributed by atoms with van der Waals surface area (Å²) >= 11 is 3.46. The molecule has 8 nitrogen and oxygen atoms in total. The van der Waals surface area contributed by atoms with E-state index in [-0.39, 0.29) is 17.2 Å². The van der Waals surface area contributed by atoms with Gasteiger partial charge in [-0.15, -0.1) is 8.78 Å². The van der Waals surface area contributed by atoms with Crippen molar-refractivity contribution >= 4 is 21.9 Å². The van der Waals surface area contributed by atoms with E-state index in [4.69, 9.17) is 4.42 Å². The summed E-state index contributed by atoms with van der Waals surface area (Å²) in [7, 11) is 0. The highest BCUT2D eigenvalue weighted by Gasteiger charge is 2.43. The van der Waals surface area contributed by atoms with E-state index in [0.29, 0.717) is 40.0 Å². The number of halogens is 3. The largest absolute Gasteiger partial charge is 0.586 e. The minimum atomic E-state index is -3.74. The lowest BCUT2D eigenvalue weighted by molar-refractivity contribution is -0.286. The van der Waals surface area contributed by atoms with Gasteiger partial charge < -0.3 is 23.6 Å². The van der Waals surface area contributed by atoms with Crippen molar-refractivity contribution in [3.8, 4) is 39.8 Å². The number of hydrogen-bond donors (Lipinski definition) is 1.